The summed E-state index contributed by atoms with van der Waals surface area (Å²) in [7, 11) is -2.93. The molecule has 1 aromatic carbocycles. The molecule has 2 unspecified atom stereocenters. The van der Waals surface area contributed by atoms with Crippen LogP contribution >= 0.6 is 0 Å². The highest BCUT2D eigenvalue weighted by Crippen LogP contribution is 2.26. The maximum atomic E-state index is 13.4. The molecule has 1 aliphatic rings. The number of para-hydroxylation sites is 1. The van der Waals surface area contributed by atoms with E-state index in [0.29, 0.717) is 13.0 Å². The van der Waals surface area contributed by atoms with Crippen LogP contribution in [-0.2, 0) is 9.84 Å². The Hall–Kier alpha value is -1.14. The lowest BCUT2D eigenvalue weighted by atomic mass is 9.93. The number of rotatable bonds is 5. The molecular formula is C13H18FNO3S. The average molecular weight is 287 g/mol. The molecule has 2 rings (SSSR count). The molecular weight excluding hydrogens is 269 g/mol. The zero-order chi connectivity index (χ0) is 13.9. The first kappa shape index (κ1) is 14.3. The molecule has 6 heteroatoms. The fraction of sp³-hybridized carbons (Fsp3) is 0.538. The number of hydrogen-bond acceptors (Lipinski definition) is 4. The van der Waals surface area contributed by atoms with Gasteiger partial charge in [0.25, 0.3) is 0 Å². The van der Waals surface area contributed by atoms with Gasteiger partial charge < -0.3 is 10.5 Å². The molecule has 0 bridgehead atoms. The van der Waals surface area contributed by atoms with E-state index in [9.17, 15) is 12.8 Å². The lowest BCUT2D eigenvalue weighted by Crippen LogP contribution is -2.30. The van der Waals surface area contributed by atoms with Crippen molar-refractivity contribution in [2.75, 3.05) is 24.7 Å². The van der Waals surface area contributed by atoms with Gasteiger partial charge >= 0.3 is 0 Å². The highest BCUT2D eigenvalue weighted by atomic mass is 32.2. The molecule has 19 heavy (non-hydrogen) atoms. The van der Waals surface area contributed by atoms with Crippen molar-refractivity contribution < 1.29 is 17.5 Å². The van der Waals surface area contributed by atoms with E-state index in [2.05, 4.69) is 0 Å². The molecule has 0 aliphatic carbocycles. The molecule has 2 N–H and O–H groups in total. The van der Waals surface area contributed by atoms with Crippen molar-refractivity contribution in [3.05, 3.63) is 30.1 Å². The second-order valence-corrected chi connectivity index (χ2v) is 7.13. The Morgan fingerprint density at radius 2 is 2.16 bits per heavy atom. The molecule has 1 aliphatic heterocycles. The highest BCUT2D eigenvalue weighted by Gasteiger charge is 2.33. The van der Waals surface area contributed by atoms with Crippen LogP contribution in [0.5, 0.6) is 5.75 Å². The normalized spacial score (nSPS) is 23.2. The van der Waals surface area contributed by atoms with Crippen LogP contribution in [0, 0.1) is 17.7 Å². The highest BCUT2D eigenvalue weighted by molar-refractivity contribution is 7.91. The van der Waals surface area contributed by atoms with Crippen LogP contribution in [0.1, 0.15) is 6.42 Å². The van der Waals surface area contributed by atoms with Crippen molar-refractivity contribution in [2.24, 2.45) is 17.6 Å². The van der Waals surface area contributed by atoms with E-state index >= 15 is 0 Å². The smallest absolute Gasteiger partial charge is 0.165 e. The second-order valence-electron chi connectivity index (χ2n) is 4.90. The predicted octanol–water partition coefficient (Wildman–Crippen LogP) is 1.21. The lowest BCUT2D eigenvalue weighted by molar-refractivity contribution is 0.202. The lowest BCUT2D eigenvalue weighted by Gasteiger charge is -2.21. The molecule has 1 aromatic rings. The van der Waals surface area contributed by atoms with Gasteiger partial charge in [-0.1, -0.05) is 12.1 Å². The van der Waals surface area contributed by atoms with Crippen molar-refractivity contribution in [3.8, 4) is 5.75 Å². The number of benzene rings is 1. The number of sulfone groups is 1. The fourth-order valence-corrected chi connectivity index (χ4v) is 4.27. The maximum absolute atomic E-state index is 13.4. The Bertz CT molecular complexity index is 532. The van der Waals surface area contributed by atoms with E-state index in [-0.39, 0.29) is 35.7 Å². The molecule has 1 heterocycles. The van der Waals surface area contributed by atoms with E-state index in [0.717, 1.165) is 0 Å². The van der Waals surface area contributed by atoms with Crippen molar-refractivity contribution in [2.45, 2.75) is 6.42 Å². The Morgan fingerprint density at radius 3 is 2.74 bits per heavy atom. The van der Waals surface area contributed by atoms with E-state index in [1.54, 1.807) is 18.2 Å². The summed E-state index contributed by atoms with van der Waals surface area (Å²) in [4.78, 5) is 0. The number of halogens is 1. The molecule has 0 saturated carbocycles. The van der Waals surface area contributed by atoms with Gasteiger partial charge in [-0.2, -0.15) is 0 Å². The predicted molar refractivity (Wildman–Crippen MR) is 71.2 cm³/mol. The molecule has 0 aromatic heterocycles. The maximum Gasteiger partial charge on any atom is 0.165 e. The van der Waals surface area contributed by atoms with Crippen LogP contribution < -0.4 is 10.5 Å². The summed E-state index contributed by atoms with van der Waals surface area (Å²) in [6, 6.07) is 6.16. The summed E-state index contributed by atoms with van der Waals surface area (Å²) in [5, 5.41) is 0. The minimum Gasteiger partial charge on any atom is -0.490 e. The summed E-state index contributed by atoms with van der Waals surface area (Å²) in [5.41, 5.74) is 5.67. The first-order valence-corrected chi connectivity index (χ1v) is 8.12. The minimum absolute atomic E-state index is 0.0155. The monoisotopic (exact) mass is 287 g/mol. The summed E-state index contributed by atoms with van der Waals surface area (Å²) in [5.74, 6) is 0.0985. The summed E-state index contributed by atoms with van der Waals surface area (Å²) >= 11 is 0. The summed E-state index contributed by atoms with van der Waals surface area (Å²) in [6.07, 6.45) is 0.616. The third-order valence-electron chi connectivity index (χ3n) is 3.53. The van der Waals surface area contributed by atoms with E-state index in [4.69, 9.17) is 10.5 Å². The molecule has 2 atom stereocenters. The standard InChI is InChI=1S/C13H18FNO3S/c14-12-3-1-2-4-13(12)18-8-11(7-15)10-5-6-19(16,17)9-10/h1-4,10-11H,5-9,15H2. The third kappa shape index (κ3) is 3.67. The number of hydrogen-bond donors (Lipinski definition) is 1. The van der Waals surface area contributed by atoms with Gasteiger partial charge in [-0.05, 0) is 31.0 Å². The SMILES string of the molecule is NCC(COc1ccccc1F)C1CCS(=O)(=O)C1. The average Bonchev–Trinajstić information content (AvgIpc) is 2.73. The van der Waals surface area contributed by atoms with Gasteiger partial charge in [-0.3, -0.25) is 0 Å². The molecule has 1 fully saturated rings. The zero-order valence-corrected chi connectivity index (χ0v) is 11.4. The van der Waals surface area contributed by atoms with Crippen molar-refractivity contribution in [1.82, 2.24) is 0 Å². The molecule has 4 nitrogen and oxygen atoms in total. The van der Waals surface area contributed by atoms with Gasteiger partial charge in [-0.25, -0.2) is 12.8 Å². The summed E-state index contributed by atoms with van der Waals surface area (Å²) < 4.78 is 41.7. The topological polar surface area (TPSA) is 69.4 Å². The van der Waals surface area contributed by atoms with E-state index < -0.39 is 15.7 Å². The minimum atomic E-state index is -2.93. The summed E-state index contributed by atoms with van der Waals surface area (Å²) in [6.45, 7) is 0.590. The van der Waals surface area contributed by atoms with Crippen molar-refractivity contribution in [3.63, 3.8) is 0 Å². The van der Waals surface area contributed by atoms with Crippen LogP contribution in [0.15, 0.2) is 24.3 Å². The van der Waals surface area contributed by atoms with Gasteiger partial charge in [-0.15, -0.1) is 0 Å². The third-order valence-corrected chi connectivity index (χ3v) is 5.32. The Morgan fingerprint density at radius 1 is 1.42 bits per heavy atom. The second kappa shape index (κ2) is 5.88. The quantitative estimate of drug-likeness (QED) is 0.884. The fourth-order valence-electron chi connectivity index (χ4n) is 2.35. The van der Waals surface area contributed by atoms with Crippen LogP contribution in [-0.4, -0.2) is 33.1 Å². The Labute approximate surface area is 112 Å². The van der Waals surface area contributed by atoms with Crippen LogP contribution in [0.3, 0.4) is 0 Å². The molecule has 0 radical (unpaired) electrons. The Kier molecular flexibility index (Phi) is 4.42. The van der Waals surface area contributed by atoms with E-state index in [1.807, 2.05) is 0 Å². The van der Waals surface area contributed by atoms with E-state index in [1.165, 1.54) is 6.07 Å². The number of ether oxygens (including phenoxy) is 1. The zero-order valence-electron chi connectivity index (χ0n) is 10.6. The van der Waals surface area contributed by atoms with Gasteiger partial charge in [0.2, 0.25) is 0 Å². The largest absolute Gasteiger partial charge is 0.490 e. The van der Waals surface area contributed by atoms with Gasteiger partial charge in [0.15, 0.2) is 21.4 Å². The first-order valence-electron chi connectivity index (χ1n) is 6.29. The number of nitrogens with two attached hydrogens (primary N) is 1. The van der Waals surface area contributed by atoms with Crippen molar-refractivity contribution >= 4 is 9.84 Å². The van der Waals surface area contributed by atoms with Crippen LogP contribution in [0.4, 0.5) is 4.39 Å². The van der Waals surface area contributed by atoms with Gasteiger partial charge in [0.05, 0.1) is 18.1 Å². The van der Waals surface area contributed by atoms with Crippen LogP contribution in [0.2, 0.25) is 0 Å². The molecule has 1 saturated heterocycles. The molecule has 0 amide bonds. The van der Waals surface area contributed by atoms with Crippen molar-refractivity contribution in [1.29, 1.82) is 0 Å². The van der Waals surface area contributed by atoms with Gasteiger partial charge in [0, 0.05) is 5.92 Å². The van der Waals surface area contributed by atoms with Gasteiger partial charge in [0.1, 0.15) is 0 Å². The van der Waals surface area contributed by atoms with Crippen LogP contribution in [0.25, 0.3) is 0 Å². The molecule has 106 valence electrons. The molecule has 0 spiro atoms. The Balaban J connectivity index is 1.95. The first-order chi connectivity index (χ1) is 9.02.